The summed E-state index contributed by atoms with van der Waals surface area (Å²) < 4.78 is 12.2. The van der Waals surface area contributed by atoms with Gasteiger partial charge in [0.25, 0.3) is 0 Å². The van der Waals surface area contributed by atoms with E-state index in [0.29, 0.717) is 17.7 Å². The van der Waals surface area contributed by atoms with Gasteiger partial charge in [-0.15, -0.1) is 0 Å². The quantitative estimate of drug-likeness (QED) is 0.143. The molecule has 70 heavy (non-hydrogen) atoms. The van der Waals surface area contributed by atoms with Gasteiger partial charge in [-0.2, -0.15) is 0 Å². The van der Waals surface area contributed by atoms with Crippen LogP contribution in [0.3, 0.4) is 0 Å². The Bertz CT molecular complexity index is 4140. The second-order valence-corrected chi connectivity index (χ2v) is 25.9. The van der Waals surface area contributed by atoms with Gasteiger partial charge in [-0.25, -0.2) is 0 Å². The minimum absolute atomic E-state index is 0.546. The van der Waals surface area contributed by atoms with Crippen LogP contribution in [-0.2, 0) is 0 Å². The van der Waals surface area contributed by atoms with Gasteiger partial charge >= 0.3 is 372 Å². The van der Waals surface area contributed by atoms with Crippen LogP contribution >= 0.6 is 0 Å². The molecule has 14 rings (SSSR count). The second kappa shape index (κ2) is 16.2. The van der Waals surface area contributed by atoms with Crippen LogP contribution in [-0.4, -0.2) is 41.9 Å². The fraction of sp³-hybridized carbons (Fsp3) is 0. The summed E-state index contributed by atoms with van der Waals surface area (Å²) in [5, 5.41) is 6.84. The Labute approximate surface area is 406 Å². The number of hydrogen-bond acceptors (Lipinski definition) is 3. The van der Waals surface area contributed by atoms with Crippen LogP contribution < -0.4 is 17.6 Å². The molecule has 0 aliphatic heterocycles. The summed E-state index contributed by atoms with van der Waals surface area (Å²) in [4.78, 5) is 16.8. The molecule has 4 aromatic heterocycles. The Hall–Kier alpha value is -8.85. The van der Waals surface area contributed by atoms with E-state index >= 15 is 0 Å². The zero-order chi connectivity index (χ0) is 46.2. The third-order valence-electron chi connectivity index (χ3n) is 14.3. The molecular formula is C63H42GeN6. The summed E-state index contributed by atoms with van der Waals surface area (Å²) in [5.74, 6) is 1.69. The summed E-state index contributed by atoms with van der Waals surface area (Å²) in [7, 11) is 0. The normalized spacial score (nSPS) is 12.0. The predicted octanol–water partition coefficient (Wildman–Crippen LogP) is 12.2. The molecule has 0 saturated heterocycles. The van der Waals surface area contributed by atoms with Crippen LogP contribution in [0.1, 0.15) is 0 Å². The first-order valence-electron chi connectivity index (χ1n) is 23.8. The number of rotatable bonds is 8. The topological polar surface area (TPSA) is 53.5 Å². The van der Waals surface area contributed by atoms with Gasteiger partial charge in [0.15, 0.2) is 0 Å². The van der Waals surface area contributed by atoms with Crippen molar-refractivity contribution < 1.29 is 0 Å². The SMILES string of the molecule is c1ccc(-n2c3ccccc3c3c2ccc2c4ccccc4n(-c4nc(-c5ccc[c]([Ge]([c]6ccccc6)([c]6ccccc6)[c]6ccccc6)c5)nc(-n5c6ccccc6c6ccccc65)n4)c23)cc1. The van der Waals surface area contributed by atoms with Gasteiger partial charge < -0.3 is 0 Å². The minimum atomic E-state index is -3.69. The van der Waals surface area contributed by atoms with Crippen molar-refractivity contribution in [2.45, 2.75) is 0 Å². The first-order valence-corrected chi connectivity index (χ1v) is 28.0. The first-order chi connectivity index (χ1) is 34.8. The van der Waals surface area contributed by atoms with E-state index in [2.05, 4.69) is 268 Å². The van der Waals surface area contributed by atoms with Gasteiger partial charge in [0, 0.05) is 0 Å². The number of hydrogen-bond donors (Lipinski definition) is 0. The fourth-order valence-corrected chi connectivity index (χ4v) is 21.4. The average molecular weight is 956 g/mol. The van der Waals surface area contributed by atoms with Crippen molar-refractivity contribution in [2.24, 2.45) is 0 Å². The van der Waals surface area contributed by atoms with Gasteiger partial charge in [-0.05, 0) is 12.1 Å². The Morgan fingerprint density at radius 3 is 1.27 bits per heavy atom. The van der Waals surface area contributed by atoms with Crippen LogP contribution in [0.4, 0.5) is 0 Å². The number of fused-ring (bicyclic) bond motifs is 10. The molecule has 0 radical (unpaired) electrons. The predicted molar refractivity (Wildman–Crippen MR) is 292 cm³/mol. The molecule has 6 nitrogen and oxygen atoms in total. The molecule has 0 aliphatic carbocycles. The van der Waals surface area contributed by atoms with Crippen molar-refractivity contribution in [1.29, 1.82) is 0 Å². The number of nitrogens with zero attached hydrogens (tertiary/aromatic N) is 6. The Morgan fingerprint density at radius 1 is 0.286 bits per heavy atom. The van der Waals surface area contributed by atoms with E-state index < -0.39 is 13.3 Å². The zero-order valence-corrected chi connectivity index (χ0v) is 40.0. The molecule has 0 unspecified atom stereocenters. The molecule has 0 spiro atoms. The summed E-state index contributed by atoms with van der Waals surface area (Å²) >= 11 is -3.69. The van der Waals surface area contributed by atoms with Crippen molar-refractivity contribution in [3.05, 3.63) is 255 Å². The van der Waals surface area contributed by atoms with Crippen molar-refractivity contribution in [1.82, 2.24) is 28.7 Å². The molecule has 0 atom stereocenters. The molecule has 7 heteroatoms. The first kappa shape index (κ1) is 40.2. The largest absolute Gasteiger partial charge is 0.0602 e. The third-order valence-corrected chi connectivity index (χ3v) is 24.3. The fourth-order valence-electron chi connectivity index (χ4n) is 11.3. The number of para-hydroxylation sites is 5. The molecule has 4 heterocycles. The van der Waals surface area contributed by atoms with Crippen LogP contribution in [0.5, 0.6) is 0 Å². The van der Waals surface area contributed by atoms with E-state index in [1.54, 1.807) is 0 Å². The summed E-state index contributed by atoms with van der Waals surface area (Å²) in [6.07, 6.45) is 0. The molecule has 0 aliphatic rings. The van der Waals surface area contributed by atoms with E-state index in [1.807, 2.05) is 0 Å². The molecular weight excluding hydrogens is 913 g/mol. The Balaban J connectivity index is 1.11. The van der Waals surface area contributed by atoms with E-state index in [9.17, 15) is 0 Å². The average Bonchev–Trinajstić information content (AvgIpc) is 4.08. The molecule has 0 saturated carbocycles. The van der Waals surface area contributed by atoms with Crippen LogP contribution in [0.2, 0.25) is 0 Å². The van der Waals surface area contributed by atoms with Gasteiger partial charge in [-0.1, -0.05) is 24.3 Å². The van der Waals surface area contributed by atoms with E-state index in [0.717, 1.165) is 76.7 Å². The van der Waals surface area contributed by atoms with Crippen molar-refractivity contribution in [3.63, 3.8) is 0 Å². The van der Waals surface area contributed by atoms with Gasteiger partial charge in [-0.3, -0.25) is 0 Å². The zero-order valence-electron chi connectivity index (χ0n) is 37.9. The van der Waals surface area contributed by atoms with Crippen molar-refractivity contribution in [2.75, 3.05) is 0 Å². The Kier molecular flexibility index (Phi) is 9.29. The van der Waals surface area contributed by atoms with Gasteiger partial charge in [0.1, 0.15) is 0 Å². The maximum absolute atomic E-state index is 5.65. The molecule has 0 N–H and O–H groups in total. The Morgan fingerprint density at radius 2 is 0.714 bits per heavy atom. The summed E-state index contributed by atoms with van der Waals surface area (Å²) in [6.45, 7) is 0. The summed E-state index contributed by atoms with van der Waals surface area (Å²) in [6, 6.07) is 92.2. The van der Waals surface area contributed by atoms with Gasteiger partial charge in [0.2, 0.25) is 0 Å². The van der Waals surface area contributed by atoms with Crippen molar-refractivity contribution >= 4 is 96.3 Å². The van der Waals surface area contributed by atoms with Crippen molar-refractivity contribution in [3.8, 4) is 29.0 Å². The monoisotopic (exact) mass is 956 g/mol. The minimum Gasteiger partial charge on any atom is -0.0602 e. The number of aromatic nitrogens is 6. The molecule has 328 valence electrons. The standard InChI is InChI=1S/C63H42GeN6/c1-5-23-44(24-6-1)64(45-25-7-2-8-26-45,46-27-9-3-10-28-46)47-29-21-22-43(42-47)61-65-62(69-54-36-17-13-32-49(54)50-33-14-18-37-55(50)69)67-63(66-61)70-56-38-19-15-34-51(56)52-40-41-58-59(60(52)70)53-35-16-20-39-57(53)68(58)48-30-11-4-12-31-48/h1-42H. The molecule has 0 bridgehead atoms. The second-order valence-electron chi connectivity index (χ2n) is 18.0. The van der Waals surface area contributed by atoms with Crippen LogP contribution in [0.25, 0.3) is 94.4 Å². The third kappa shape index (κ3) is 6.03. The number of benzene rings is 10. The van der Waals surface area contributed by atoms with Crippen LogP contribution in [0.15, 0.2) is 255 Å². The van der Waals surface area contributed by atoms with E-state index in [4.69, 9.17) is 15.0 Å². The van der Waals surface area contributed by atoms with Crippen LogP contribution in [0, 0.1) is 0 Å². The molecule has 0 fully saturated rings. The molecule has 14 aromatic rings. The van der Waals surface area contributed by atoms with E-state index in [1.165, 1.54) is 17.6 Å². The smallest absolute Gasteiger partial charge is 0.0380 e. The van der Waals surface area contributed by atoms with Gasteiger partial charge in [0.05, 0.1) is 0 Å². The van der Waals surface area contributed by atoms with E-state index in [-0.39, 0.29) is 0 Å². The maximum atomic E-state index is 5.65. The maximum Gasteiger partial charge on any atom is -0.0380 e. The summed E-state index contributed by atoms with van der Waals surface area (Å²) in [5.41, 5.74) is 8.41. The molecule has 10 aromatic carbocycles. The molecule has 0 amide bonds.